The van der Waals surface area contributed by atoms with E-state index in [9.17, 15) is 4.79 Å². The minimum atomic E-state index is -0.289. The van der Waals surface area contributed by atoms with E-state index in [1.54, 1.807) is 13.2 Å². The van der Waals surface area contributed by atoms with Gasteiger partial charge in [-0.1, -0.05) is 6.07 Å². The monoisotopic (exact) mass is 207 g/mol. The Kier molecular flexibility index (Phi) is 2.60. The van der Waals surface area contributed by atoms with Gasteiger partial charge in [-0.25, -0.2) is 4.79 Å². The average Bonchev–Trinajstić information content (AvgIpc) is 2.56. The van der Waals surface area contributed by atoms with E-state index in [2.05, 4.69) is 0 Å². The summed E-state index contributed by atoms with van der Waals surface area (Å²) in [6, 6.07) is 5.39. The van der Waals surface area contributed by atoms with Crippen LogP contribution in [0.25, 0.3) is 0 Å². The fourth-order valence-electron chi connectivity index (χ4n) is 1.74. The Morgan fingerprint density at radius 3 is 3.00 bits per heavy atom. The summed E-state index contributed by atoms with van der Waals surface area (Å²) in [5.41, 5.74) is 6.95. The third kappa shape index (κ3) is 1.68. The lowest BCUT2D eigenvalue weighted by atomic mass is 10.0. The molecule has 2 rings (SSSR count). The number of cyclic esters (lactones) is 1. The van der Waals surface area contributed by atoms with E-state index in [1.807, 2.05) is 12.1 Å². The van der Waals surface area contributed by atoms with Crippen LogP contribution in [-0.2, 0) is 4.74 Å². The van der Waals surface area contributed by atoms with Gasteiger partial charge in [-0.3, -0.25) is 0 Å². The second-order valence-electron chi connectivity index (χ2n) is 3.42. The molecule has 4 nitrogen and oxygen atoms in total. The van der Waals surface area contributed by atoms with Crippen LogP contribution in [0.4, 0.5) is 0 Å². The van der Waals surface area contributed by atoms with Crippen molar-refractivity contribution in [1.82, 2.24) is 0 Å². The number of carbonyl (C=O) groups is 1. The van der Waals surface area contributed by atoms with Crippen LogP contribution in [0.15, 0.2) is 18.2 Å². The number of ether oxygens (including phenoxy) is 2. The first-order valence-corrected chi connectivity index (χ1v) is 4.85. The van der Waals surface area contributed by atoms with E-state index in [1.165, 1.54) is 0 Å². The average molecular weight is 207 g/mol. The quantitative estimate of drug-likeness (QED) is 0.758. The van der Waals surface area contributed by atoms with Crippen molar-refractivity contribution in [2.24, 2.45) is 5.73 Å². The number of methoxy groups -OCH3 is 1. The SMILES string of the molecule is COc1ccc2c(c1)C(=O)OC2CCN. The molecule has 1 aliphatic heterocycles. The predicted molar refractivity (Wildman–Crippen MR) is 54.8 cm³/mol. The topological polar surface area (TPSA) is 61.5 Å². The normalized spacial score (nSPS) is 18.5. The fraction of sp³-hybridized carbons (Fsp3) is 0.364. The Labute approximate surface area is 88.0 Å². The fourth-order valence-corrected chi connectivity index (χ4v) is 1.74. The summed E-state index contributed by atoms with van der Waals surface area (Å²) in [4.78, 5) is 11.5. The van der Waals surface area contributed by atoms with Crippen molar-refractivity contribution in [2.45, 2.75) is 12.5 Å². The number of rotatable bonds is 3. The number of hydrogen-bond acceptors (Lipinski definition) is 4. The van der Waals surface area contributed by atoms with Crippen molar-refractivity contribution in [3.8, 4) is 5.75 Å². The Balaban J connectivity index is 2.36. The van der Waals surface area contributed by atoms with Gasteiger partial charge in [0, 0.05) is 12.0 Å². The molecule has 0 radical (unpaired) electrons. The summed E-state index contributed by atoms with van der Waals surface area (Å²) in [6.07, 6.45) is 0.467. The lowest BCUT2D eigenvalue weighted by Crippen LogP contribution is -2.06. The van der Waals surface area contributed by atoms with Gasteiger partial charge in [0.1, 0.15) is 11.9 Å². The number of esters is 1. The molecule has 1 aliphatic rings. The molecule has 1 heterocycles. The maximum Gasteiger partial charge on any atom is 0.339 e. The van der Waals surface area contributed by atoms with Crippen molar-refractivity contribution in [2.75, 3.05) is 13.7 Å². The highest BCUT2D eigenvalue weighted by Gasteiger charge is 2.30. The molecule has 2 N–H and O–H groups in total. The van der Waals surface area contributed by atoms with Gasteiger partial charge in [-0.05, 0) is 18.7 Å². The first-order chi connectivity index (χ1) is 7.26. The first-order valence-electron chi connectivity index (χ1n) is 4.85. The molecule has 0 aliphatic carbocycles. The Morgan fingerprint density at radius 2 is 2.33 bits per heavy atom. The van der Waals surface area contributed by atoms with Crippen molar-refractivity contribution in [3.05, 3.63) is 29.3 Å². The zero-order chi connectivity index (χ0) is 10.8. The molecule has 80 valence electrons. The van der Waals surface area contributed by atoms with Crippen LogP contribution in [-0.4, -0.2) is 19.6 Å². The van der Waals surface area contributed by atoms with Crippen LogP contribution in [0.2, 0.25) is 0 Å². The molecule has 0 aromatic heterocycles. The van der Waals surface area contributed by atoms with Crippen molar-refractivity contribution in [1.29, 1.82) is 0 Å². The molecule has 4 heteroatoms. The van der Waals surface area contributed by atoms with Gasteiger partial charge in [0.05, 0.1) is 12.7 Å². The second-order valence-corrected chi connectivity index (χ2v) is 3.42. The van der Waals surface area contributed by atoms with Crippen LogP contribution in [0.5, 0.6) is 5.75 Å². The number of carbonyl (C=O) groups excluding carboxylic acids is 1. The van der Waals surface area contributed by atoms with Gasteiger partial charge in [0.15, 0.2) is 0 Å². The lowest BCUT2D eigenvalue weighted by molar-refractivity contribution is 0.0374. The number of benzene rings is 1. The Hall–Kier alpha value is -1.55. The van der Waals surface area contributed by atoms with Crippen molar-refractivity contribution >= 4 is 5.97 Å². The molecular weight excluding hydrogens is 194 g/mol. The summed E-state index contributed by atoms with van der Waals surface area (Å²) in [6.45, 7) is 0.503. The zero-order valence-electron chi connectivity index (χ0n) is 8.53. The molecule has 1 aromatic rings. The van der Waals surface area contributed by atoms with Crippen molar-refractivity contribution in [3.63, 3.8) is 0 Å². The van der Waals surface area contributed by atoms with Gasteiger partial charge in [0.2, 0.25) is 0 Å². The summed E-state index contributed by atoms with van der Waals surface area (Å²) >= 11 is 0. The predicted octanol–water partition coefficient (Wildman–Crippen LogP) is 1.26. The third-order valence-corrected chi connectivity index (χ3v) is 2.51. The number of hydrogen-bond donors (Lipinski definition) is 1. The standard InChI is InChI=1S/C11H13NO3/c1-14-7-2-3-8-9(6-7)11(13)15-10(8)4-5-12/h2-3,6,10H,4-5,12H2,1H3. The molecule has 15 heavy (non-hydrogen) atoms. The molecule has 0 bridgehead atoms. The molecule has 0 saturated heterocycles. The molecular formula is C11H13NO3. The highest BCUT2D eigenvalue weighted by molar-refractivity contribution is 5.94. The van der Waals surface area contributed by atoms with Crippen LogP contribution in [0.3, 0.4) is 0 Å². The summed E-state index contributed by atoms with van der Waals surface area (Å²) in [7, 11) is 1.57. The minimum Gasteiger partial charge on any atom is -0.497 e. The summed E-state index contributed by atoms with van der Waals surface area (Å²) in [5.74, 6) is 0.376. The number of fused-ring (bicyclic) bond motifs is 1. The minimum absolute atomic E-state index is 0.191. The molecule has 1 aromatic carbocycles. The third-order valence-electron chi connectivity index (χ3n) is 2.51. The Bertz CT molecular complexity index is 389. The molecule has 0 fully saturated rings. The van der Waals surface area contributed by atoms with Gasteiger partial charge < -0.3 is 15.2 Å². The van der Waals surface area contributed by atoms with E-state index in [-0.39, 0.29) is 12.1 Å². The van der Waals surface area contributed by atoms with Gasteiger partial charge in [-0.2, -0.15) is 0 Å². The van der Waals surface area contributed by atoms with E-state index in [0.717, 1.165) is 5.56 Å². The summed E-state index contributed by atoms with van der Waals surface area (Å²) < 4.78 is 10.2. The summed E-state index contributed by atoms with van der Waals surface area (Å²) in [5, 5.41) is 0. The zero-order valence-corrected chi connectivity index (χ0v) is 8.53. The van der Waals surface area contributed by atoms with E-state index >= 15 is 0 Å². The van der Waals surface area contributed by atoms with Gasteiger partial charge >= 0.3 is 5.97 Å². The maximum absolute atomic E-state index is 11.5. The van der Waals surface area contributed by atoms with Crippen LogP contribution in [0, 0.1) is 0 Å². The van der Waals surface area contributed by atoms with Gasteiger partial charge in [0.25, 0.3) is 0 Å². The van der Waals surface area contributed by atoms with Crippen LogP contribution >= 0.6 is 0 Å². The van der Waals surface area contributed by atoms with Gasteiger partial charge in [-0.15, -0.1) is 0 Å². The van der Waals surface area contributed by atoms with Crippen molar-refractivity contribution < 1.29 is 14.3 Å². The first kappa shape index (κ1) is 9.98. The molecule has 1 atom stereocenters. The lowest BCUT2D eigenvalue weighted by Gasteiger charge is -2.08. The van der Waals surface area contributed by atoms with E-state index in [4.69, 9.17) is 15.2 Å². The molecule has 1 unspecified atom stereocenters. The molecule has 0 saturated carbocycles. The largest absolute Gasteiger partial charge is 0.497 e. The maximum atomic E-state index is 11.5. The second kappa shape index (κ2) is 3.90. The molecule has 0 amide bonds. The highest BCUT2D eigenvalue weighted by atomic mass is 16.5. The Morgan fingerprint density at radius 1 is 1.53 bits per heavy atom. The number of nitrogens with two attached hydrogens (primary N) is 1. The van der Waals surface area contributed by atoms with E-state index < -0.39 is 0 Å². The smallest absolute Gasteiger partial charge is 0.339 e. The highest BCUT2D eigenvalue weighted by Crippen LogP contribution is 2.34. The van der Waals surface area contributed by atoms with Crippen LogP contribution in [0.1, 0.15) is 28.4 Å². The van der Waals surface area contributed by atoms with Crippen LogP contribution < -0.4 is 10.5 Å². The van der Waals surface area contributed by atoms with E-state index in [0.29, 0.717) is 24.3 Å². The molecule has 0 spiro atoms.